The summed E-state index contributed by atoms with van der Waals surface area (Å²) in [4.78, 5) is 80.1. The average Bonchev–Trinajstić information content (AvgIpc) is 3.17. The molecule has 2 fully saturated rings. The molecule has 0 radical (unpaired) electrons. The number of β-lactam (4-membered cyclic amide) rings is 1. The maximum absolute atomic E-state index is 13.4. The number of fused-ring (bicyclic) bond motifs is 1. The number of carboxylic acids is 1. The first-order valence-electron chi connectivity index (χ1n) is 12.8. The van der Waals surface area contributed by atoms with E-state index in [1.54, 1.807) is 20.8 Å². The predicted molar refractivity (Wildman–Crippen MR) is 147 cm³/mol. The van der Waals surface area contributed by atoms with Crippen LogP contribution < -0.4 is 5.32 Å². The van der Waals surface area contributed by atoms with Gasteiger partial charge in [-0.3, -0.25) is 29.0 Å². The third-order valence-electron chi connectivity index (χ3n) is 6.83. The topological polar surface area (TPSA) is 198 Å². The van der Waals surface area contributed by atoms with Crippen molar-refractivity contribution in [1.29, 1.82) is 0 Å². The molecule has 2 amide bonds. The van der Waals surface area contributed by atoms with Crippen molar-refractivity contribution in [2.24, 2.45) is 10.4 Å². The number of amides is 2. The zero-order chi connectivity index (χ0) is 31.6. The van der Waals surface area contributed by atoms with Gasteiger partial charge < -0.3 is 34.6 Å². The molecule has 2 aliphatic rings. The number of benzene rings is 1. The highest BCUT2D eigenvalue weighted by Gasteiger charge is 2.64. The Bertz CT molecular complexity index is 1310. The number of hydrogen-bond acceptors (Lipinski definition) is 12. The van der Waals surface area contributed by atoms with Gasteiger partial charge in [0.15, 0.2) is 11.5 Å². The molecule has 3 rings (SSSR count). The zero-order valence-corrected chi connectivity index (χ0v) is 24.7. The highest BCUT2D eigenvalue weighted by Crippen LogP contribution is 2.51. The molecule has 1 aromatic carbocycles. The minimum Gasteiger partial charge on any atom is -0.508 e. The fraction of sp³-hybridized carbons (Fsp3) is 0.519. The lowest BCUT2D eigenvalue weighted by molar-refractivity contribution is -0.183. The Morgan fingerprint density at radius 2 is 1.76 bits per heavy atom. The zero-order valence-electron chi connectivity index (χ0n) is 23.9. The van der Waals surface area contributed by atoms with Crippen molar-refractivity contribution < 1.29 is 53.2 Å². The molecule has 2 saturated heterocycles. The van der Waals surface area contributed by atoms with Crippen molar-refractivity contribution in [2.75, 3.05) is 13.9 Å². The summed E-state index contributed by atoms with van der Waals surface area (Å²) in [5.74, 6) is -5.13. The van der Waals surface area contributed by atoms with E-state index in [1.807, 2.05) is 0 Å². The van der Waals surface area contributed by atoms with Crippen LogP contribution in [0.25, 0.3) is 0 Å². The Hall–Kier alpha value is -4.14. The molecule has 1 aromatic rings. The maximum atomic E-state index is 13.4. The van der Waals surface area contributed by atoms with Crippen LogP contribution in [0.1, 0.15) is 52.6 Å². The van der Waals surface area contributed by atoms with E-state index >= 15 is 0 Å². The van der Waals surface area contributed by atoms with E-state index in [-0.39, 0.29) is 12.2 Å². The maximum Gasteiger partial charge on any atom is 0.333 e. The molecule has 0 aliphatic carbocycles. The normalized spacial score (nSPS) is 21.9. The molecule has 0 bridgehead atoms. The van der Waals surface area contributed by atoms with E-state index in [0.717, 1.165) is 13.8 Å². The van der Waals surface area contributed by atoms with Gasteiger partial charge in [-0.1, -0.05) is 12.1 Å². The number of esters is 3. The third kappa shape index (κ3) is 6.66. The number of aliphatic imine (C=N–C) groups is 1. The highest BCUT2D eigenvalue weighted by atomic mass is 32.2. The number of hydrogen-bond donors (Lipinski definition) is 3. The molecule has 0 saturated carbocycles. The molecule has 2 heterocycles. The summed E-state index contributed by atoms with van der Waals surface area (Å²) >= 11 is 1.26. The van der Waals surface area contributed by atoms with Gasteiger partial charge in [-0.2, -0.15) is 0 Å². The van der Waals surface area contributed by atoms with Crippen LogP contribution in [-0.4, -0.2) is 92.6 Å². The van der Waals surface area contributed by atoms with Gasteiger partial charge in [-0.25, -0.2) is 4.79 Å². The summed E-state index contributed by atoms with van der Waals surface area (Å²) < 4.78 is 13.7. The monoisotopic (exact) mass is 607 g/mol. The molecule has 0 aromatic heterocycles. The van der Waals surface area contributed by atoms with Gasteiger partial charge in [-0.15, -0.1) is 11.8 Å². The summed E-state index contributed by atoms with van der Waals surface area (Å²) in [5, 5.41) is 20.9. The van der Waals surface area contributed by atoms with Crippen molar-refractivity contribution >= 4 is 53.2 Å². The molecule has 3 N–H and O–H groups in total. The van der Waals surface area contributed by atoms with Crippen molar-refractivity contribution in [3.63, 3.8) is 0 Å². The molecular formula is C27H33N3O11S. The Balaban J connectivity index is 1.72. The van der Waals surface area contributed by atoms with Gasteiger partial charge in [0.25, 0.3) is 0 Å². The molecule has 15 heteroatoms. The van der Waals surface area contributed by atoms with E-state index in [4.69, 9.17) is 14.6 Å². The van der Waals surface area contributed by atoms with Crippen LogP contribution >= 0.6 is 11.8 Å². The summed E-state index contributed by atoms with van der Waals surface area (Å²) in [6.45, 7) is 6.44. The quantitative estimate of drug-likeness (QED) is 0.107. The third-order valence-corrected chi connectivity index (χ3v) is 8.40. The van der Waals surface area contributed by atoms with E-state index in [2.05, 4.69) is 15.0 Å². The van der Waals surface area contributed by atoms with Crippen molar-refractivity contribution in [3.8, 4) is 5.75 Å². The van der Waals surface area contributed by atoms with Crippen LogP contribution in [0.15, 0.2) is 29.3 Å². The predicted octanol–water partition coefficient (Wildman–Crippen LogP) is 1.16. The minimum absolute atomic E-state index is 0.0270. The van der Waals surface area contributed by atoms with Crippen LogP contribution in [0.2, 0.25) is 0 Å². The molecule has 14 nitrogen and oxygen atoms in total. The number of phenolic OH excluding ortho intramolecular Hbond substituents is 1. The number of nitrogens with one attached hydrogen (secondary N) is 1. The number of methoxy groups -OCH3 is 1. The van der Waals surface area contributed by atoms with E-state index in [9.17, 15) is 33.9 Å². The van der Waals surface area contributed by atoms with Gasteiger partial charge in [0.2, 0.25) is 18.6 Å². The van der Waals surface area contributed by atoms with Gasteiger partial charge in [0, 0.05) is 10.5 Å². The number of rotatable bonds is 11. The summed E-state index contributed by atoms with van der Waals surface area (Å²) in [7, 11) is 1.23. The molecule has 0 spiro atoms. The van der Waals surface area contributed by atoms with E-state index in [0.29, 0.717) is 11.3 Å². The molecule has 4 atom stereocenters. The van der Waals surface area contributed by atoms with E-state index < -0.39 is 76.1 Å². The van der Waals surface area contributed by atoms with Crippen LogP contribution in [0, 0.1) is 5.41 Å². The standard InChI is InChI=1S/C27H33N3O11S/c1-13(11-16(32)39-6)28-17(14-7-9-15(31)10-8-14)20(33)29-18-21(34)30-19(27(4,5)42-22(18)30)23(35)40-12-41-25(38)26(2,3)24(36)37/h7-10,17-19,22,31H,11-12H2,1-6H3,(H,29,33)(H,36,37)/t17?,18-,19+,22-/m1/s1. The Morgan fingerprint density at radius 3 is 2.33 bits per heavy atom. The van der Waals surface area contributed by atoms with Crippen LogP contribution in [0.5, 0.6) is 5.75 Å². The molecule has 42 heavy (non-hydrogen) atoms. The fourth-order valence-corrected chi connectivity index (χ4v) is 5.96. The van der Waals surface area contributed by atoms with Gasteiger partial charge in [0.1, 0.15) is 23.2 Å². The van der Waals surface area contributed by atoms with Crippen molar-refractivity contribution in [1.82, 2.24) is 10.2 Å². The summed E-state index contributed by atoms with van der Waals surface area (Å²) in [6, 6.07) is 2.52. The number of phenols is 1. The first kappa shape index (κ1) is 32.4. The van der Waals surface area contributed by atoms with Gasteiger partial charge in [-0.05, 0) is 52.3 Å². The van der Waals surface area contributed by atoms with Crippen molar-refractivity contribution in [2.45, 2.75) is 69.3 Å². The Kier molecular flexibility index (Phi) is 9.55. The van der Waals surface area contributed by atoms with Gasteiger partial charge >= 0.3 is 23.9 Å². The Labute approximate surface area is 245 Å². The second kappa shape index (κ2) is 12.4. The molecule has 228 valence electrons. The Morgan fingerprint density at radius 1 is 1.14 bits per heavy atom. The summed E-state index contributed by atoms with van der Waals surface area (Å²) in [6.07, 6.45) is -0.159. The number of carbonyl (C=O) groups is 6. The molecule has 1 unspecified atom stereocenters. The van der Waals surface area contributed by atoms with Crippen LogP contribution in [0.4, 0.5) is 0 Å². The second-order valence-electron chi connectivity index (χ2n) is 10.8. The summed E-state index contributed by atoms with van der Waals surface area (Å²) in [5.41, 5.74) is -1.14. The number of aliphatic carboxylic acids is 1. The lowest BCUT2D eigenvalue weighted by atomic mass is 9.94. The highest BCUT2D eigenvalue weighted by molar-refractivity contribution is 8.01. The average molecular weight is 608 g/mol. The SMILES string of the molecule is COC(=O)CC(C)=NC(C(=O)N[C@@H]1C(=O)N2[C@@H]1SC(C)(C)[C@@H]2C(=O)OCOC(=O)C(C)(C)C(=O)O)c1ccc(O)cc1. The van der Waals surface area contributed by atoms with E-state index in [1.165, 1.54) is 48.0 Å². The number of aromatic hydroxyl groups is 1. The van der Waals surface area contributed by atoms with Gasteiger partial charge in [0.05, 0.1) is 13.5 Å². The molecule has 2 aliphatic heterocycles. The molecular weight excluding hydrogens is 574 g/mol. The van der Waals surface area contributed by atoms with Crippen LogP contribution in [0.3, 0.4) is 0 Å². The largest absolute Gasteiger partial charge is 0.508 e. The number of thioether (sulfide) groups is 1. The minimum atomic E-state index is -1.85. The van der Waals surface area contributed by atoms with Crippen molar-refractivity contribution in [3.05, 3.63) is 29.8 Å². The smallest absolute Gasteiger partial charge is 0.333 e. The fourth-order valence-electron chi connectivity index (χ4n) is 4.33. The number of ether oxygens (including phenoxy) is 3. The second-order valence-corrected chi connectivity index (χ2v) is 12.6. The lowest BCUT2D eigenvalue weighted by Crippen LogP contribution is -2.71. The lowest BCUT2D eigenvalue weighted by Gasteiger charge is -2.44. The first-order chi connectivity index (χ1) is 19.5. The number of carbonyl (C=O) groups excluding carboxylic acids is 5. The number of nitrogens with zero attached hydrogens (tertiary/aromatic N) is 2. The van der Waals surface area contributed by atoms with Crippen LogP contribution in [-0.2, 0) is 43.0 Å². The number of carboxylic acid groups (broad SMARTS) is 1. The first-order valence-corrected chi connectivity index (χ1v) is 13.7.